The molecule has 2 heterocycles. The SMILES string of the molecule is N#Cc1cccc(Nc2nc(Cl)nc3sc(-c4ccccc4)cc23)c1. The number of hydrogen-bond donors (Lipinski definition) is 1. The van der Waals surface area contributed by atoms with E-state index in [2.05, 4.69) is 39.6 Å². The standard InChI is InChI=1S/C19H11ClN4S/c20-19-23-17(22-14-8-4-5-12(9-14)11-21)15-10-16(25-18(15)24-19)13-6-2-1-3-7-13/h1-10H,(H,22,23,24). The van der Waals surface area contributed by atoms with E-state index in [0.717, 1.165) is 26.3 Å². The van der Waals surface area contributed by atoms with Crippen LogP contribution in [-0.4, -0.2) is 9.97 Å². The van der Waals surface area contributed by atoms with Crippen LogP contribution in [0.2, 0.25) is 5.28 Å². The number of halogens is 1. The summed E-state index contributed by atoms with van der Waals surface area (Å²) >= 11 is 7.66. The molecule has 4 rings (SSSR count). The van der Waals surface area contributed by atoms with Crippen LogP contribution in [0.15, 0.2) is 60.7 Å². The summed E-state index contributed by atoms with van der Waals surface area (Å²) in [6.07, 6.45) is 0. The highest BCUT2D eigenvalue weighted by Crippen LogP contribution is 2.36. The van der Waals surface area contributed by atoms with E-state index in [1.54, 1.807) is 23.5 Å². The first-order chi connectivity index (χ1) is 12.2. The lowest BCUT2D eigenvalue weighted by molar-refractivity contribution is 1.23. The number of nitrogens with zero attached hydrogens (tertiary/aromatic N) is 3. The Balaban J connectivity index is 1.80. The zero-order valence-electron chi connectivity index (χ0n) is 12.9. The Morgan fingerprint density at radius 1 is 1.00 bits per heavy atom. The molecule has 0 fully saturated rings. The minimum absolute atomic E-state index is 0.188. The molecule has 4 nitrogen and oxygen atoms in total. The Bertz CT molecular complexity index is 1100. The Morgan fingerprint density at radius 3 is 2.64 bits per heavy atom. The molecule has 6 heteroatoms. The highest BCUT2D eigenvalue weighted by Gasteiger charge is 2.12. The topological polar surface area (TPSA) is 61.6 Å². The van der Waals surface area contributed by atoms with Crippen molar-refractivity contribution in [2.75, 3.05) is 5.32 Å². The van der Waals surface area contributed by atoms with Crippen LogP contribution >= 0.6 is 22.9 Å². The summed E-state index contributed by atoms with van der Waals surface area (Å²) < 4.78 is 0. The number of nitriles is 1. The van der Waals surface area contributed by atoms with Gasteiger partial charge in [0.05, 0.1) is 17.0 Å². The lowest BCUT2D eigenvalue weighted by atomic mass is 10.2. The number of anilines is 2. The quantitative estimate of drug-likeness (QED) is 0.480. The van der Waals surface area contributed by atoms with E-state index in [1.807, 2.05) is 30.3 Å². The largest absolute Gasteiger partial charge is 0.340 e. The minimum Gasteiger partial charge on any atom is -0.340 e. The van der Waals surface area contributed by atoms with Crippen LogP contribution in [0.5, 0.6) is 0 Å². The predicted octanol–water partition coefficient (Wildman–Crippen LogP) is 5.63. The highest BCUT2D eigenvalue weighted by molar-refractivity contribution is 7.22. The van der Waals surface area contributed by atoms with E-state index in [1.165, 1.54) is 0 Å². The molecule has 0 amide bonds. The van der Waals surface area contributed by atoms with E-state index >= 15 is 0 Å². The van der Waals surface area contributed by atoms with Crippen molar-refractivity contribution >= 4 is 44.7 Å². The number of rotatable bonds is 3. The third-order valence-electron chi connectivity index (χ3n) is 3.68. The van der Waals surface area contributed by atoms with Crippen LogP contribution < -0.4 is 5.32 Å². The summed E-state index contributed by atoms with van der Waals surface area (Å²) in [5, 5.41) is 13.4. The maximum Gasteiger partial charge on any atom is 0.225 e. The normalized spacial score (nSPS) is 10.6. The molecule has 0 radical (unpaired) electrons. The second kappa shape index (κ2) is 6.52. The summed E-state index contributed by atoms with van der Waals surface area (Å²) in [5.41, 5.74) is 2.48. The Morgan fingerprint density at radius 2 is 1.84 bits per heavy atom. The van der Waals surface area contributed by atoms with Crippen LogP contribution in [0, 0.1) is 11.3 Å². The number of hydrogen-bond acceptors (Lipinski definition) is 5. The Labute approximate surface area is 153 Å². The van der Waals surface area contributed by atoms with Crippen LogP contribution in [0.3, 0.4) is 0 Å². The summed E-state index contributed by atoms with van der Waals surface area (Å²) in [6.45, 7) is 0. The second-order valence-corrected chi connectivity index (χ2v) is 6.72. The third kappa shape index (κ3) is 3.18. The van der Waals surface area contributed by atoms with Gasteiger partial charge >= 0.3 is 0 Å². The van der Waals surface area contributed by atoms with E-state index in [4.69, 9.17) is 16.9 Å². The number of benzene rings is 2. The molecule has 120 valence electrons. The van der Waals surface area contributed by atoms with E-state index in [9.17, 15) is 0 Å². The maximum absolute atomic E-state index is 9.05. The number of aromatic nitrogens is 2. The van der Waals surface area contributed by atoms with E-state index < -0.39 is 0 Å². The molecule has 0 bridgehead atoms. The molecule has 4 aromatic rings. The van der Waals surface area contributed by atoms with Gasteiger partial charge in [-0.15, -0.1) is 11.3 Å². The minimum atomic E-state index is 0.188. The van der Waals surface area contributed by atoms with Gasteiger partial charge in [0.2, 0.25) is 5.28 Å². The number of nitrogens with one attached hydrogen (secondary N) is 1. The summed E-state index contributed by atoms with van der Waals surface area (Å²) in [4.78, 5) is 10.6. The first-order valence-corrected chi connectivity index (χ1v) is 8.72. The van der Waals surface area contributed by atoms with Crippen molar-refractivity contribution in [2.24, 2.45) is 0 Å². The van der Waals surface area contributed by atoms with Crippen molar-refractivity contribution in [3.63, 3.8) is 0 Å². The van der Waals surface area contributed by atoms with Crippen molar-refractivity contribution in [3.05, 3.63) is 71.5 Å². The summed E-state index contributed by atoms with van der Waals surface area (Å²) in [5.74, 6) is 0.628. The Hall–Kier alpha value is -2.94. The van der Waals surface area contributed by atoms with Gasteiger partial charge in [0.15, 0.2) is 0 Å². The molecule has 0 aliphatic carbocycles. The molecule has 0 aliphatic rings. The average molecular weight is 363 g/mol. The van der Waals surface area contributed by atoms with Crippen molar-refractivity contribution in [2.45, 2.75) is 0 Å². The molecule has 25 heavy (non-hydrogen) atoms. The fourth-order valence-corrected chi connectivity index (χ4v) is 3.79. The lowest BCUT2D eigenvalue weighted by Gasteiger charge is -2.07. The van der Waals surface area contributed by atoms with Crippen molar-refractivity contribution in [3.8, 4) is 16.5 Å². The van der Waals surface area contributed by atoms with E-state index in [-0.39, 0.29) is 5.28 Å². The van der Waals surface area contributed by atoms with Crippen molar-refractivity contribution in [1.29, 1.82) is 5.26 Å². The fourth-order valence-electron chi connectivity index (χ4n) is 2.54. The van der Waals surface area contributed by atoms with Gasteiger partial charge in [-0.2, -0.15) is 10.2 Å². The summed E-state index contributed by atoms with van der Waals surface area (Å²) in [6, 6.07) is 21.5. The van der Waals surface area contributed by atoms with E-state index in [0.29, 0.717) is 11.4 Å². The van der Waals surface area contributed by atoms with Gasteiger partial charge in [-0.25, -0.2) is 4.98 Å². The maximum atomic E-state index is 9.05. The molecule has 0 saturated carbocycles. The zero-order chi connectivity index (χ0) is 17.2. The second-order valence-electron chi connectivity index (χ2n) is 5.35. The smallest absolute Gasteiger partial charge is 0.225 e. The van der Waals surface area contributed by atoms with Gasteiger partial charge in [0, 0.05) is 10.6 Å². The van der Waals surface area contributed by atoms with Crippen LogP contribution in [-0.2, 0) is 0 Å². The molecule has 0 atom stereocenters. The molecular formula is C19H11ClN4S. The molecule has 2 aromatic carbocycles. The molecule has 0 aliphatic heterocycles. The molecule has 0 unspecified atom stereocenters. The molecular weight excluding hydrogens is 352 g/mol. The van der Waals surface area contributed by atoms with Crippen LogP contribution in [0.25, 0.3) is 20.7 Å². The van der Waals surface area contributed by atoms with Gasteiger partial charge in [-0.1, -0.05) is 36.4 Å². The average Bonchev–Trinajstić information content (AvgIpc) is 3.07. The lowest BCUT2D eigenvalue weighted by Crippen LogP contribution is -1.96. The highest BCUT2D eigenvalue weighted by atomic mass is 35.5. The number of fused-ring (bicyclic) bond motifs is 1. The van der Waals surface area contributed by atoms with Crippen molar-refractivity contribution in [1.82, 2.24) is 9.97 Å². The van der Waals surface area contributed by atoms with Gasteiger partial charge in [0.25, 0.3) is 0 Å². The van der Waals surface area contributed by atoms with Gasteiger partial charge in [-0.3, -0.25) is 0 Å². The third-order valence-corrected chi connectivity index (χ3v) is 4.93. The number of thiophene rings is 1. The first-order valence-electron chi connectivity index (χ1n) is 7.52. The van der Waals surface area contributed by atoms with Gasteiger partial charge in [-0.05, 0) is 41.4 Å². The molecule has 0 saturated heterocycles. The van der Waals surface area contributed by atoms with Crippen molar-refractivity contribution < 1.29 is 0 Å². The van der Waals surface area contributed by atoms with Gasteiger partial charge < -0.3 is 5.32 Å². The molecule has 0 spiro atoms. The van der Waals surface area contributed by atoms with Gasteiger partial charge in [0.1, 0.15) is 10.6 Å². The van der Waals surface area contributed by atoms with Crippen LogP contribution in [0.1, 0.15) is 5.56 Å². The van der Waals surface area contributed by atoms with Crippen LogP contribution in [0.4, 0.5) is 11.5 Å². The molecule has 2 aromatic heterocycles. The Kier molecular flexibility index (Phi) is 4.06. The predicted molar refractivity (Wildman–Crippen MR) is 102 cm³/mol. The molecule has 1 N–H and O–H groups in total. The monoisotopic (exact) mass is 362 g/mol. The zero-order valence-corrected chi connectivity index (χ0v) is 14.5. The first kappa shape index (κ1) is 15.6. The summed E-state index contributed by atoms with van der Waals surface area (Å²) in [7, 11) is 0. The fraction of sp³-hybridized carbons (Fsp3) is 0.